The third-order valence-corrected chi connectivity index (χ3v) is 3.08. The Morgan fingerprint density at radius 3 is 2.88 bits per heavy atom. The third-order valence-electron chi connectivity index (χ3n) is 2.10. The number of thioether (sulfide) groups is 1. The topological polar surface area (TPSA) is 92.5 Å². The summed E-state index contributed by atoms with van der Waals surface area (Å²) >= 11 is 1.33. The van der Waals surface area contributed by atoms with E-state index in [1.54, 1.807) is 0 Å². The van der Waals surface area contributed by atoms with Gasteiger partial charge in [0, 0.05) is 25.3 Å². The van der Waals surface area contributed by atoms with Crippen LogP contribution in [0.25, 0.3) is 0 Å². The molecule has 0 spiro atoms. The maximum absolute atomic E-state index is 11.6. The Morgan fingerprint density at radius 2 is 2.25 bits per heavy atom. The van der Waals surface area contributed by atoms with Gasteiger partial charge in [-0.1, -0.05) is 0 Å². The molecular formula is C9H15N3O3S. The second-order valence-electron chi connectivity index (χ2n) is 3.43. The van der Waals surface area contributed by atoms with Gasteiger partial charge in [0.15, 0.2) is 0 Å². The van der Waals surface area contributed by atoms with Crippen LogP contribution in [-0.2, 0) is 14.4 Å². The van der Waals surface area contributed by atoms with Gasteiger partial charge in [0.2, 0.25) is 17.7 Å². The molecule has 0 unspecified atom stereocenters. The summed E-state index contributed by atoms with van der Waals surface area (Å²) in [6.45, 7) is 1.21. The number of nitrogens with one attached hydrogen (secondary N) is 1. The number of hydrogen-bond donors (Lipinski definition) is 2. The Balaban J connectivity index is 2.19. The molecule has 1 saturated heterocycles. The maximum atomic E-state index is 11.6. The predicted molar refractivity (Wildman–Crippen MR) is 60.7 cm³/mol. The van der Waals surface area contributed by atoms with Gasteiger partial charge >= 0.3 is 0 Å². The standard InChI is InChI=1S/C9H15N3O3S/c10-7(13)6-16-4-1-9(15)12-3-2-11-8(14)5-12/h1-6H2,(H2,10,13)(H,11,14). The lowest BCUT2D eigenvalue weighted by Crippen LogP contribution is -2.50. The average Bonchev–Trinajstić information content (AvgIpc) is 2.24. The van der Waals surface area contributed by atoms with Crippen LogP contribution in [0.1, 0.15) is 6.42 Å². The molecule has 1 aliphatic rings. The molecule has 0 radical (unpaired) electrons. The van der Waals surface area contributed by atoms with Gasteiger partial charge in [-0.3, -0.25) is 14.4 Å². The minimum absolute atomic E-state index is 0.0492. The first-order valence-electron chi connectivity index (χ1n) is 5.00. The van der Waals surface area contributed by atoms with Crippen LogP contribution in [0, 0.1) is 0 Å². The molecule has 7 heteroatoms. The number of nitrogens with two attached hydrogens (primary N) is 1. The minimum Gasteiger partial charge on any atom is -0.369 e. The Morgan fingerprint density at radius 1 is 1.50 bits per heavy atom. The number of amides is 3. The summed E-state index contributed by atoms with van der Waals surface area (Å²) < 4.78 is 0. The molecule has 6 nitrogen and oxygen atoms in total. The minimum atomic E-state index is -0.380. The molecule has 16 heavy (non-hydrogen) atoms. The van der Waals surface area contributed by atoms with Crippen LogP contribution < -0.4 is 11.1 Å². The van der Waals surface area contributed by atoms with Crippen molar-refractivity contribution in [2.45, 2.75) is 6.42 Å². The molecular weight excluding hydrogens is 230 g/mol. The van der Waals surface area contributed by atoms with Gasteiger partial charge in [0.25, 0.3) is 0 Å². The maximum Gasteiger partial charge on any atom is 0.239 e. The fourth-order valence-electron chi connectivity index (χ4n) is 1.34. The van der Waals surface area contributed by atoms with Gasteiger partial charge in [0.05, 0.1) is 12.3 Å². The van der Waals surface area contributed by atoms with Crippen molar-refractivity contribution in [2.75, 3.05) is 31.1 Å². The number of carbonyl (C=O) groups is 3. The summed E-state index contributed by atoms with van der Waals surface area (Å²) in [5.74, 6) is 0.235. The molecule has 1 fully saturated rings. The molecule has 0 atom stereocenters. The van der Waals surface area contributed by atoms with Gasteiger partial charge in [-0.15, -0.1) is 0 Å². The van der Waals surface area contributed by atoms with Gasteiger partial charge in [-0.05, 0) is 0 Å². The monoisotopic (exact) mass is 245 g/mol. The highest BCUT2D eigenvalue weighted by Gasteiger charge is 2.20. The van der Waals surface area contributed by atoms with Gasteiger partial charge in [-0.2, -0.15) is 11.8 Å². The van der Waals surface area contributed by atoms with Gasteiger partial charge < -0.3 is 16.0 Å². The van der Waals surface area contributed by atoms with Crippen molar-refractivity contribution in [3.8, 4) is 0 Å². The Labute approximate surface area is 97.9 Å². The van der Waals surface area contributed by atoms with Gasteiger partial charge in [-0.25, -0.2) is 0 Å². The van der Waals surface area contributed by atoms with Crippen molar-refractivity contribution < 1.29 is 14.4 Å². The molecule has 3 N–H and O–H groups in total. The Hall–Kier alpha value is -1.24. The molecule has 1 heterocycles. The van der Waals surface area contributed by atoms with E-state index in [0.717, 1.165) is 0 Å². The Kier molecular flexibility index (Phi) is 5.10. The fraction of sp³-hybridized carbons (Fsp3) is 0.667. The fourth-order valence-corrected chi connectivity index (χ4v) is 2.01. The summed E-state index contributed by atoms with van der Waals surface area (Å²) in [7, 11) is 0. The summed E-state index contributed by atoms with van der Waals surface area (Å²) in [6, 6.07) is 0. The highest BCUT2D eigenvalue weighted by molar-refractivity contribution is 7.99. The summed E-state index contributed by atoms with van der Waals surface area (Å²) in [4.78, 5) is 34.6. The van der Waals surface area contributed by atoms with E-state index in [2.05, 4.69) is 5.32 Å². The van der Waals surface area contributed by atoms with Gasteiger partial charge in [0.1, 0.15) is 0 Å². The summed E-state index contributed by atoms with van der Waals surface area (Å²) in [5, 5.41) is 2.65. The highest BCUT2D eigenvalue weighted by atomic mass is 32.2. The van der Waals surface area contributed by atoms with Crippen LogP contribution in [-0.4, -0.2) is 53.8 Å². The first kappa shape index (κ1) is 12.8. The van der Waals surface area contributed by atoms with E-state index in [9.17, 15) is 14.4 Å². The van der Waals surface area contributed by atoms with E-state index in [1.165, 1.54) is 16.7 Å². The van der Waals surface area contributed by atoms with E-state index in [-0.39, 0.29) is 30.0 Å². The summed E-state index contributed by atoms with van der Waals surface area (Å²) in [6.07, 6.45) is 0.339. The second kappa shape index (κ2) is 6.37. The zero-order valence-electron chi connectivity index (χ0n) is 8.90. The number of nitrogens with zero attached hydrogens (tertiary/aromatic N) is 1. The van der Waals surface area contributed by atoms with Crippen LogP contribution >= 0.6 is 11.8 Å². The quantitative estimate of drug-likeness (QED) is 0.580. The van der Waals surface area contributed by atoms with Crippen LogP contribution in [0.3, 0.4) is 0 Å². The highest BCUT2D eigenvalue weighted by Crippen LogP contribution is 2.05. The van der Waals surface area contributed by atoms with Crippen molar-refractivity contribution in [3.63, 3.8) is 0 Å². The predicted octanol–water partition coefficient (Wildman–Crippen LogP) is -1.45. The molecule has 0 aromatic carbocycles. The first-order chi connectivity index (χ1) is 7.59. The zero-order valence-corrected chi connectivity index (χ0v) is 9.72. The van der Waals surface area contributed by atoms with Crippen molar-refractivity contribution in [3.05, 3.63) is 0 Å². The number of rotatable bonds is 5. The molecule has 0 bridgehead atoms. The zero-order chi connectivity index (χ0) is 12.0. The number of hydrogen-bond acceptors (Lipinski definition) is 4. The van der Waals surface area contributed by atoms with Crippen molar-refractivity contribution in [1.29, 1.82) is 0 Å². The number of piperazine rings is 1. The van der Waals surface area contributed by atoms with E-state index in [4.69, 9.17) is 5.73 Å². The lowest BCUT2D eigenvalue weighted by atomic mass is 10.3. The molecule has 1 rings (SSSR count). The Bertz CT molecular complexity index is 296. The molecule has 0 aromatic heterocycles. The molecule has 1 aliphatic heterocycles. The van der Waals surface area contributed by atoms with E-state index >= 15 is 0 Å². The van der Waals surface area contributed by atoms with Crippen molar-refractivity contribution in [1.82, 2.24) is 10.2 Å². The molecule has 3 amide bonds. The van der Waals surface area contributed by atoms with Crippen molar-refractivity contribution in [2.24, 2.45) is 5.73 Å². The molecule has 0 aliphatic carbocycles. The molecule has 0 aromatic rings. The van der Waals surface area contributed by atoms with Crippen LogP contribution in [0.5, 0.6) is 0 Å². The van der Waals surface area contributed by atoms with Crippen molar-refractivity contribution >= 4 is 29.5 Å². The molecule has 0 saturated carbocycles. The average molecular weight is 245 g/mol. The molecule has 90 valence electrons. The van der Waals surface area contributed by atoms with E-state index in [0.29, 0.717) is 25.3 Å². The summed E-state index contributed by atoms with van der Waals surface area (Å²) in [5.41, 5.74) is 4.96. The lowest BCUT2D eigenvalue weighted by Gasteiger charge is -2.26. The number of primary amides is 1. The third kappa shape index (κ3) is 4.52. The van der Waals surface area contributed by atoms with E-state index in [1.807, 2.05) is 0 Å². The van der Waals surface area contributed by atoms with Crippen LogP contribution in [0.2, 0.25) is 0 Å². The van der Waals surface area contributed by atoms with E-state index < -0.39 is 0 Å². The lowest BCUT2D eigenvalue weighted by molar-refractivity contribution is -0.137. The van der Waals surface area contributed by atoms with Crippen LogP contribution in [0.4, 0.5) is 0 Å². The number of carbonyl (C=O) groups excluding carboxylic acids is 3. The smallest absolute Gasteiger partial charge is 0.239 e. The first-order valence-corrected chi connectivity index (χ1v) is 6.15. The largest absolute Gasteiger partial charge is 0.369 e. The SMILES string of the molecule is NC(=O)CSCCC(=O)N1CCNC(=O)C1. The van der Waals surface area contributed by atoms with Crippen LogP contribution in [0.15, 0.2) is 0 Å². The normalized spacial score (nSPS) is 15.8. The second-order valence-corrected chi connectivity index (χ2v) is 4.54.